The van der Waals surface area contributed by atoms with Crippen molar-refractivity contribution < 1.29 is 0 Å². The third-order valence-electron chi connectivity index (χ3n) is 1.91. The first kappa shape index (κ1) is 10.9. The summed E-state index contributed by atoms with van der Waals surface area (Å²) in [6, 6.07) is 1.84. The second-order valence-electron chi connectivity index (χ2n) is 3.05. The third-order valence-corrected chi connectivity index (χ3v) is 2.16. The van der Waals surface area contributed by atoms with Crippen molar-refractivity contribution in [1.29, 1.82) is 0 Å². The van der Waals surface area contributed by atoms with Crippen LogP contribution in [0.25, 0.3) is 6.08 Å². The van der Waals surface area contributed by atoms with E-state index in [2.05, 4.69) is 17.6 Å². The van der Waals surface area contributed by atoms with Gasteiger partial charge in [-0.25, -0.2) is 4.98 Å². The summed E-state index contributed by atoms with van der Waals surface area (Å²) in [5, 5.41) is 0. The van der Waals surface area contributed by atoms with Gasteiger partial charge in [0.2, 0.25) is 0 Å². The van der Waals surface area contributed by atoms with E-state index in [9.17, 15) is 0 Å². The minimum Gasteiger partial charge on any atom is -0.396 e. The lowest BCUT2D eigenvalue weighted by molar-refractivity contribution is 1.20. The van der Waals surface area contributed by atoms with Gasteiger partial charge >= 0.3 is 0 Å². The van der Waals surface area contributed by atoms with Crippen LogP contribution in [0.15, 0.2) is 12.1 Å². The van der Waals surface area contributed by atoms with E-state index < -0.39 is 0 Å². The van der Waals surface area contributed by atoms with Gasteiger partial charge in [0, 0.05) is 5.69 Å². The number of rotatable bonds is 3. The number of aryl methyl sites for hydroxylation is 1. The van der Waals surface area contributed by atoms with Gasteiger partial charge in [0.1, 0.15) is 5.82 Å². The Labute approximate surface area is 89.6 Å². The molecule has 1 aromatic rings. The Morgan fingerprint density at radius 2 is 2.21 bits per heavy atom. The molecule has 0 saturated carbocycles. The van der Waals surface area contributed by atoms with Crippen molar-refractivity contribution in [1.82, 2.24) is 4.98 Å². The van der Waals surface area contributed by atoms with E-state index in [1.165, 1.54) is 0 Å². The van der Waals surface area contributed by atoms with Gasteiger partial charge in [0.15, 0.2) is 0 Å². The fraction of sp³-hybridized carbons (Fsp3) is 0.300. The molecule has 0 radical (unpaired) electrons. The van der Waals surface area contributed by atoms with Gasteiger partial charge in [-0.2, -0.15) is 12.6 Å². The zero-order chi connectivity index (χ0) is 10.6. The molecule has 1 aromatic heterocycles. The molecule has 76 valence electrons. The number of allylic oxidation sites excluding steroid dienone is 1. The summed E-state index contributed by atoms with van der Waals surface area (Å²) in [5.74, 6) is 1.24. The first-order valence-corrected chi connectivity index (χ1v) is 5.08. The average Bonchev–Trinajstić information content (AvgIpc) is 2.14. The highest BCUT2D eigenvalue weighted by Gasteiger charge is 2.00. The highest BCUT2D eigenvalue weighted by Crippen LogP contribution is 2.17. The quantitative estimate of drug-likeness (QED) is 0.666. The molecule has 4 heteroatoms. The number of pyridine rings is 1. The molecular formula is C10H15N3S. The molecule has 0 atom stereocenters. The van der Waals surface area contributed by atoms with Crippen LogP contribution in [-0.2, 0) is 0 Å². The maximum absolute atomic E-state index is 5.66. The normalized spacial score (nSPS) is 11.0. The standard InChI is InChI=1S/C10H15N3S/c1-7-8(4-2-3-5-14)6-9(11)10(12)13-7/h2,4,6,14H,3,5,11H2,1H3,(H2,12,13). The molecule has 0 fully saturated rings. The molecule has 0 unspecified atom stereocenters. The Balaban J connectivity index is 2.92. The summed E-state index contributed by atoms with van der Waals surface area (Å²) < 4.78 is 0. The smallest absolute Gasteiger partial charge is 0.146 e. The van der Waals surface area contributed by atoms with Crippen LogP contribution in [0.4, 0.5) is 11.5 Å². The molecule has 0 saturated heterocycles. The van der Waals surface area contributed by atoms with Crippen molar-refractivity contribution in [3.05, 3.63) is 23.4 Å². The number of hydrogen-bond acceptors (Lipinski definition) is 4. The van der Waals surface area contributed by atoms with E-state index in [1.54, 1.807) is 0 Å². The Kier molecular flexibility index (Phi) is 3.83. The second kappa shape index (κ2) is 4.91. The molecule has 4 N–H and O–H groups in total. The molecule has 0 bridgehead atoms. The fourth-order valence-electron chi connectivity index (χ4n) is 1.11. The van der Waals surface area contributed by atoms with Crippen LogP contribution in [0.3, 0.4) is 0 Å². The SMILES string of the molecule is Cc1nc(N)c(N)cc1C=CCCS. The minimum absolute atomic E-state index is 0.397. The Bertz CT molecular complexity index is 347. The molecule has 14 heavy (non-hydrogen) atoms. The number of nitrogen functional groups attached to an aromatic ring is 2. The number of nitrogens with zero attached hydrogens (tertiary/aromatic N) is 1. The van der Waals surface area contributed by atoms with Gasteiger partial charge in [-0.15, -0.1) is 0 Å². The highest BCUT2D eigenvalue weighted by molar-refractivity contribution is 7.80. The average molecular weight is 209 g/mol. The van der Waals surface area contributed by atoms with E-state index in [0.29, 0.717) is 11.5 Å². The molecule has 0 spiro atoms. The predicted molar refractivity (Wildman–Crippen MR) is 65.3 cm³/mol. The zero-order valence-electron chi connectivity index (χ0n) is 8.20. The van der Waals surface area contributed by atoms with Crippen molar-refractivity contribution in [2.75, 3.05) is 17.2 Å². The molecule has 1 heterocycles. The van der Waals surface area contributed by atoms with E-state index in [0.717, 1.165) is 23.4 Å². The second-order valence-corrected chi connectivity index (χ2v) is 3.50. The summed E-state index contributed by atoms with van der Waals surface area (Å²) in [4.78, 5) is 4.13. The largest absolute Gasteiger partial charge is 0.396 e. The number of hydrogen-bond donors (Lipinski definition) is 3. The lowest BCUT2D eigenvalue weighted by Crippen LogP contribution is -2.00. The van der Waals surface area contributed by atoms with E-state index in [4.69, 9.17) is 11.5 Å². The van der Waals surface area contributed by atoms with Gasteiger partial charge in [-0.1, -0.05) is 12.2 Å². The van der Waals surface area contributed by atoms with Gasteiger partial charge in [0.05, 0.1) is 5.69 Å². The lowest BCUT2D eigenvalue weighted by atomic mass is 10.1. The van der Waals surface area contributed by atoms with Gasteiger partial charge in [-0.3, -0.25) is 0 Å². The van der Waals surface area contributed by atoms with Crippen molar-refractivity contribution in [2.24, 2.45) is 0 Å². The van der Waals surface area contributed by atoms with E-state index in [-0.39, 0.29) is 0 Å². The highest BCUT2D eigenvalue weighted by atomic mass is 32.1. The predicted octanol–water partition coefficient (Wildman–Crippen LogP) is 1.89. The van der Waals surface area contributed by atoms with Crippen LogP contribution < -0.4 is 11.5 Å². The van der Waals surface area contributed by atoms with Crippen LogP contribution in [0, 0.1) is 6.92 Å². The number of anilines is 2. The van der Waals surface area contributed by atoms with Crippen LogP contribution in [0.2, 0.25) is 0 Å². The molecule has 3 nitrogen and oxygen atoms in total. The maximum Gasteiger partial charge on any atom is 0.146 e. The molecule has 0 aliphatic carbocycles. The molecule has 1 rings (SSSR count). The van der Waals surface area contributed by atoms with Crippen molar-refractivity contribution >= 4 is 30.2 Å². The molecule has 0 amide bonds. The first-order chi connectivity index (χ1) is 6.65. The zero-order valence-corrected chi connectivity index (χ0v) is 9.09. The summed E-state index contributed by atoms with van der Waals surface area (Å²) in [7, 11) is 0. The maximum atomic E-state index is 5.66. The first-order valence-electron chi connectivity index (χ1n) is 4.45. The van der Waals surface area contributed by atoms with Crippen molar-refractivity contribution in [3.8, 4) is 0 Å². The number of thiol groups is 1. The summed E-state index contributed by atoms with van der Waals surface area (Å²) >= 11 is 4.12. The van der Waals surface area contributed by atoms with E-state index >= 15 is 0 Å². The van der Waals surface area contributed by atoms with Gasteiger partial charge in [-0.05, 0) is 30.7 Å². The van der Waals surface area contributed by atoms with Crippen LogP contribution in [-0.4, -0.2) is 10.7 Å². The number of aromatic nitrogens is 1. The Morgan fingerprint density at radius 3 is 2.86 bits per heavy atom. The Hall–Kier alpha value is -1.16. The summed E-state index contributed by atoms with van der Waals surface area (Å²) in [5.41, 5.74) is 13.7. The Morgan fingerprint density at radius 1 is 1.50 bits per heavy atom. The molecule has 0 aliphatic rings. The van der Waals surface area contributed by atoms with Gasteiger partial charge < -0.3 is 11.5 Å². The fourth-order valence-corrected chi connectivity index (χ4v) is 1.26. The van der Waals surface area contributed by atoms with Crippen LogP contribution in [0.5, 0.6) is 0 Å². The molecular weight excluding hydrogens is 194 g/mol. The van der Waals surface area contributed by atoms with Crippen LogP contribution >= 0.6 is 12.6 Å². The monoisotopic (exact) mass is 209 g/mol. The van der Waals surface area contributed by atoms with Crippen molar-refractivity contribution in [3.63, 3.8) is 0 Å². The lowest BCUT2D eigenvalue weighted by Gasteiger charge is -2.04. The summed E-state index contributed by atoms with van der Waals surface area (Å²) in [6.07, 6.45) is 4.98. The summed E-state index contributed by atoms with van der Waals surface area (Å²) in [6.45, 7) is 1.91. The van der Waals surface area contributed by atoms with Gasteiger partial charge in [0.25, 0.3) is 0 Å². The molecule has 0 aliphatic heterocycles. The number of nitrogens with two attached hydrogens (primary N) is 2. The topological polar surface area (TPSA) is 64.9 Å². The minimum atomic E-state index is 0.397. The van der Waals surface area contributed by atoms with Crippen LogP contribution in [0.1, 0.15) is 17.7 Å². The van der Waals surface area contributed by atoms with E-state index in [1.807, 2.05) is 25.1 Å². The van der Waals surface area contributed by atoms with Crippen molar-refractivity contribution in [2.45, 2.75) is 13.3 Å². The third kappa shape index (κ3) is 2.67. The molecule has 0 aromatic carbocycles.